The molecule has 1 unspecified atom stereocenters. The van der Waals surface area contributed by atoms with Crippen molar-refractivity contribution >= 4 is 21.5 Å². The van der Waals surface area contributed by atoms with Gasteiger partial charge in [0.25, 0.3) is 10.8 Å². The van der Waals surface area contributed by atoms with Crippen molar-refractivity contribution in [2.45, 2.75) is 23.2 Å². The van der Waals surface area contributed by atoms with Gasteiger partial charge in [0.15, 0.2) is 16.9 Å². The molecule has 7 nitrogen and oxygen atoms in total. The van der Waals surface area contributed by atoms with Gasteiger partial charge in [-0.3, -0.25) is 4.79 Å². The van der Waals surface area contributed by atoms with Crippen LogP contribution in [0.25, 0.3) is 0 Å². The molecule has 184 valence electrons. The van der Waals surface area contributed by atoms with Crippen LogP contribution in [0, 0.1) is 4.91 Å². The van der Waals surface area contributed by atoms with Crippen LogP contribution in [0.5, 0.6) is 0 Å². The third-order valence-corrected chi connectivity index (χ3v) is 7.35. The topological polar surface area (TPSA) is 89.8 Å². The first-order valence-electron chi connectivity index (χ1n) is 10.5. The zero-order valence-corrected chi connectivity index (χ0v) is 19.9. The highest BCUT2D eigenvalue weighted by molar-refractivity contribution is 7.91. The first kappa shape index (κ1) is 26.0. The number of sulfone groups is 1. The third kappa shape index (κ3) is 6.07. The molecule has 0 radical (unpaired) electrons. The van der Waals surface area contributed by atoms with E-state index in [4.69, 9.17) is 4.74 Å². The second-order valence-corrected chi connectivity index (χ2v) is 9.79. The molecule has 0 amide bonds. The lowest BCUT2D eigenvalue weighted by atomic mass is 9.98. The van der Waals surface area contributed by atoms with Gasteiger partial charge in [0, 0.05) is 29.2 Å². The number of ether oxygens (including phenoxy) is 1. The number of halogens is 2. The van der Waals surface area contributed by atoms with E-state index < -0.39 is 39.0 Å². The summed E-state index contributed by atoms with van der Waals surface area (Å²) in [5.74, 6) is -5.05. The second kappa shape index (κ2) is 10.7. The van der Waals surface area contributed by atoms with E-state index >= 15 is 8.78 Å². The fourth-order valence-corrected chi connectivity index (χ4v) is 5.16. The molecule has 0 heterocycles. The highest BCUT2D eigenvalue weighted by Gasteiger charge is 2.35. The maximum atomic E-state index is 15.0. The highest BCUT2D eigenvalue weighted by Crippen LogP contribution is 2.37. The van der Waals surface area contributed by atoms with Crippen molar-refractivity contribution in [2.24, 2.45) is 0 Å². The summed E-state index contributed by atoms with van der Waals surface area (Å²) in [6.45, 7) is 0. The summed E-state index contributed by atoms with van der Waals surface area (Å²) in [7, 11) is -1.54. The van der Waals surface area contributed by atoms with Crippen LogP contribution in [0.1, 0.15) is 29.0 Å². The lowest BCUT2D eigenvalue weighted by molar-refractivity contribution is -0.736. The summed E-state index contributed by atoms with van der Waals surface area (Å²) in [5, 5.41) is 0. The van der Waals surface area contributed by atoms with Crippen molar-refractivity contribution in [3.8, 4) is 0 Å². The molecule has 3 aromatic rings. The predicted molar refractivity (Wildman–Crippen MR) is 124 cm³/mol. The lowest BCUT2D eigenvalue weighted by Crippen LogP contribution is -2.19. The molecule has 0 saturated carbocycles. The molecule has 3 rings (SSSR count). The first-order chi connectivity index (χ1) is 16.6. The number of nitrogens with zero attached hydrogens (tertiary/aromatic N) is 1. The first-order valence-corrected chi connectivity index (χ1v) is 12.2. The summed E-state index contributed by atoms with van der Waals surface area (Å²) >= 11 is 0. The van der Waals surface area contributed by atoms with Crippen LogP contribution in [0.3, 0.4) is 0 Å². The van der Waals surface area contributed by atoms with Gasteiger partial charge >= 0.3 is 11.7 Å². The Morgan fingerprint density at radius 1 is 0.914 bits per heavy atom. The van der Waals surface area contributed by atoms with E-state index in [0.717, 1.165) is 43.5 Å². The van der Waals surface area contributed by atoms with Crippen molar-refractivity contribution in [3.63, 3.8) is 0 Å². The number of alkyl halides is 2. The molecule has 0 spiro atoms. The van der Waals surface area contributed by atoms with Crippen molar-refractivity contribution in [1.82, 2.24) is 0 Å². The van der Waals surface area contributed by atoms with Crippen molar-refractivity contribution in [2.75, 3.05) is 20.0 Å². The molecule has 0 saturated heterocycles. The van der Waals surface area contributed by atoms with E-state index in [1.807, 2.05) is 0 Å². The fourth-order valence-electron chi connectivity index (χ4n) is 3.58. The maximum Gasteiger partial charge on any atom is 0.316 e. The van der Waals surface area contributed by atoms with Gasteiger partial charge in [0.05, 0.1) is 29.1 Å². The Bertz CT molecular complexity index is 1280. The maximum absolute atomic E-state index is 15.0. The van der Waals surface area contributed by atoms with E-state index in [-0.39, 0.29) is 27.5 Å². The minimum absolute atomic E-state index is 0.0495. The predicted octanol–water partition coefficient (Wildman–Crippen LogP) is 4.92. The molecule has 0 aliphatic rings. The number of benzene rings is 3. The van der Waals surface area contributed by atoms with Crippen LogP contribution in [-0.2, 0) is 30.1 Å². The largest absolute Gasteiger partial charge is 0.469 e. The molecule has 10 heteroatoms. The van der Waals surface area contributed by atoms with Gasteiger partial charge in [0.2, 0.25) is 0 Å². The van der Waals surface area contributed by atoms with Gasteiger partial charge < -0.3 is 4.74 Å². The molecule has 35 heavy (non-hydrogen) atoms. The molecular formula is C25H24F2NO6S+. The molecule has 0 N–H and O–H groups in total. The van der Waals surface area contributed by atoms with Crippen molar-refractivity contribution < 1.29 is 36.5 Å². The van der Waals surface area contributed by atoms with E-state index in [1.54, 1.807) is 30.3 Å². The van der Waals surface area contributed by atoms with Crippen LogP contribution >= 0.6 is 0 Å². The Morgan fingerprint density at radius 3 is 1.97 bits per heavy atom. The summed E-state index contributed by atoms with van der Waals surface area (Å²) in [6.07, 6.45) is -0.143. The van der Waals surface area contributed by atoms with Crippen LogP contribution < -0.4 is 0 Å². The Balaban J connectivity index is 1.84. The van der Waals surface area contributed by atoms with Crippen LogP contribution in [0.2, 0.25) is 0 Å². The van der Waals surface area contributed by atoms with Gasteiger partial charge in [-0.2, -0.15) is 8.78 Å². The van der Waals surface area contributed by atoms with Crippen LogP contribution in [0.4, 0.5) is 14.5 Å². The zero-order chi connectivity index (χ0) is 25.6. The van der Waals surface area contributed by atoms with Gasteiger partial charge in [-0.25, -0.2) is 13.3 Å². The second-order valence-electron chi connectivity index (χ2n) is 7.75. The minimum atomic E-state index is -3.91. The van der Waals surface area contributed by atoms with Gasteiger partial charge in [-0.15, -0.1) is 0 Å². The van der Waals surface area contributed by atoms with E-state index in [9.17, 15) is 18.1 Å². The van der Waals surface area contributed by atoms with Crippen LogP contribution in [-0.4, -0.2) is 39.3 Å². The molecule has 0 aliphatic carbocycles. The fraction of sp³-hybridized carbons (Fsp3) is 0.240. The van der Waals surface area contributed by atoms with Crippen molar-refractivity contribution in [1.29, 1.82) is 0 Å². The number of rotatable bonds is 10. The van der Waals surface area contributed by atoms with Crippen molar-refractivity contribution in [3.05, 3.63) is 100 Å². The van der Waals surface area contributed by atoms with E-state index in [2.05, 4.69) is 4.84 Å². The van der Waals surface area contributed by atoms with Gasteiger partial charge in [0.1, 0.15) is 0 Å². The number of carbonyl (C=O) groups is 1. The third-order valence-electron chi connectivity index (χ3n) is 5.51. The normalized spacial score (nSPS) is 12.6. The van der Waals surface area contributed by atoms with E-state index in [0.29, 0.717) is 5.56 Å². The standard InChI is InChI=1S/C25H24F2NO6S/c1-33-24(29)16-19(18-6-4-3-5-7-18)17-35(31,32)23-14-10-21(11-15-23)25(26,27)20-8-12-22(13-9-20)28(30)34-2/h3-15,19H,16-17H2,1-2H3/q+1. The molecular weight excluding hydrogens is 480 g/mol. The van der Waals surface area contributed by atoms with E-state index in [1.165, 1.54) is 19.2 Å². The Kier molecular flexibility index (Phi) is 7.96. The molecule has 0 aliphatic heterocycles. The quantitative estimate of drug-likeness (QED) is 0.288. The van der Waals surface area contributed by atoms with Gasteiger partial charge in [-0.1, -0.05) is 42.5 Å². The molecule has 0 fully saturated rings. The number of carbonyl (C=O) groups excluding carboxylic acids is 1. The van der Waals surface area contributed by atoms with Gasteiger partial charge in [-0.05, 0) is 29.8 Å². The summed E-state index contributed by atoms with van der Waals surface area (Å²) in [5.41, 5.74) is -0.0840. The molecule has 0 bridgehead atoms. The highest BCUT2D eigenvalue weighted by atomic mass is 32.2. The number of hydrogen-bond acceptors (Lipinski definition) is 6. The Morgan fingerprint density at radius 2 is 1.46 bits per heavy atom. The average molecular weight is 505 g/mol. The summed E-state index contributed by atoms with van der Waals surface area (Å²) < 4.78 is 60.9. The zero-order valence-electron chi connectivity index (χ0n) is 19.1. The monoisotopic (exact) mass is 504 g/mol. The summed E-state index contributed by atoms with van der Waals surface area (Å²) in [6, 6.07) is 17.6. The number of esters is 1. The summed E-state index contributed by atoms with van der Waals surface area (Å²) in [4.78, 5) is 27.8. The smallest absolute Gasteiger partial charge is 0.316 e. The minimum Gasteiger partial charge on any atom is -0.469 e. The molecule has 1 atom stereocenters. The number of hydrogen-bond donors (Lipinski definition) is 0. The average Bonchev–Trinajstić information content (AvgIpc) is 2.88. The Labute approximate surface area is 201 Å². The Hall–Kier alpha value is -3.66. The molecule has 0 aromatic heterocycles. The lowest BCUT2D eigenvalue weighted by Gasteiger charge is -2.19. The SMILES string of the molecule is COC(=O)CC(CS(=O)(=O)c1ccc(C(F)(F)c2ccc([N+](=O)OC)cc2)cc1)c1ccccc1. The van der Waals surface area contributed by atoms with Crippen LogP contribution in [0.15, 0.2) is 83.8 Å². The molecule has 3 aromatic carbocycles. The number of methoxy groups -OCH3 is 1.